The summed E-state index contributed by atoms with van der Waals surface area (Å²) in [4.78, 5) is 19.9. The number of hydrogen-bond donors (Lipinski definition) is 3. The van der Waals surface area contributed by atoms with Gasteiger partial charge in [-0.05, 0) is 6.42 Å². The molecular weight excluding hydrogens is 229 g/mol. The van der Waals surface area contributed by atoms with Gasteiger partial charge < -0.3 is 15.9 Å². The van der Waals surface area contributed by atoms with E-state index in [2.05, 4.69) is 0 Å². The van der Waals surface area contributed by atoms with Crippen LogP contribution in [-0.2, 0) is 35.8 Å². The van der Waals surface area contributed by atoms with Gasteiger partial charge in [-0.1, -0.05) is 0 Å². The van der Waals surface area contributed by atoms with Crippen LogP contribution in [0, 0.1) is 0 Å². The van der Waals surface area contributed by atoms with Gasteiger partial charge >= 0.3 is 38.1 Å². The van der Waals surface area contributed by atoms with Crippen LogP contribution in [0.2, 0.25) is 0 Å². The Balaban J connectivity index is 0. The van der Waals surface area contributed by atoms with E-state index in [9.17, 15) is 9.59 Å². The first-order chi connectivity index (χ1) is 4.54. The topological polar surface area (TPSA) is 101 Å². The van der Waals surface area contributed by atoms with Crippen molar-refractivity contribution in [3.05, 3.63) is 0 Å². The van der Waals surface area contributed by atoms with Crippen molar-refractivity contribution in [2.45, 2.75) is 18.9 Å². The molecule has 0 aliphatic carbocycles. The summed E-state index contributed by atoms with van der Waals surface area (Å²) in [7, 11) is 0. The Labute approximate surface area is 82.7 Å². The third kappa shape index (κ3) is 7.68. The van der Waals surface area contributed by atoms with E-state index < -0.39 is 18.0 Å². The fourth-order valence-electron chi connectivity index (χ4n) is 0.402. The summed E-state index contributed by atoms with van der Waals surface area (Å²) in [6.07, 6.45) is -0.224. The van der Waals surface area contributed by atoms with Crippen molar-refractivity contribution in [2.75, 3.05) is 0 Å². The minimum absolute atomic E-state index is 0. The van der Waals surface area contributed by atoms with Gasteiger partial charge in [-0.3, -0.25) is 9.59 Å². The number of carbonyl (C=O) groups is 2. The van der Waals surface area contributed by atoms with Crippen LogP contribution in [-0.4, -0.2) is 28.2 Å². The SMILES string of the molecule is NC(CCC(=O)O)C(=O)O.[Zr+2]. The van der Waals surface area contributed by atoms with Crippen molar-refractivity contribution >= 4 is 11.9 Å². The third-order valence-electron chi connectivity index (χ3n) is 0.986. The predicted octanol–water partition coefficient (Wildman–Crippen LogP) is -0.739. The molecule has 0 radical (unpaired) electrons. The van der Waals surface area contributed by atoms with Gasteiger partial charge in [-0.15, -0.1) is 0 Å². The van der Waals surface area contributed by atoms with Crippen LogP contribution < -0.4 is 5.73 Å². The molecule has 1 atom stereocenters. The molecule has 0 bridgehead atoms. The van der Waals surface area contributed by atoms with E-state index >= 15 is 0 Å². The minimum Gasteiger partial charge on any atom is -0.481 e. The summed E-state index contributed by atoms with van der Waals surface area (Å²) >= 11 is 0. The monoisotopic (exact) mass is 237 g/mol. The summed E-state index contributed by atoms with van der Waals surface area (Å²) in [6, 6.07) is -1.06. The summed E-state index contributed by atoms with van der Waals surface area (Å²) in [5.74, 6) is -2.20. The molecule has 60 valence electrons. The minimum atomic E-state index is -1.17. The summed E-state index contributed by atoms with van der Waals surface area (Å²) in [5, 5.41) is 16.3. The largest absolute Gasteiger partial charge is 2.00 e. The van der Waals surface area contributed by atoms with E-state index in [1.54, 1.807) is 0 Å². The summed E-state index contributed by atoms with van der Waals surface area (Å²) in [6.45, 7) is 0. The van der Waals surface area contributed by atoms with Crippen LogP contribution in [0.25, 0.3) is 0 Å². The average molecular weight is 238 g/mol. The zero-order chi connectivity index (χ0) is 8.15. The molecule has 0 aromatic heterocycles. The number of nitrogens with two attached hydrogens (primary N) is 1. The van der Waals surface area contributed by atoms with Crippen LogP contribution in [0.3, 0.4) is 0 Å². The first kappa shape index (κ1) is 13.4. The second-order valence-corrected chi connectivity index (χ2v) is 1.88. The van der Waals surface area contributed by atoms with E-state index in [1.165, 1.54) is 0 Å². The molecule has 0 saturated heterocycles. The van der Waals surface area contributed by atoms with Gasteiger partial charge in [0.25, 0.3) is 0 Å². The van der Waals surface area contributed by atoms with Crippen molar-refractivity contribution in [2.24, 2.45) is 5.73 Å². The molecule has 0 fully saturated rings. The smallest absolute Gasteiger partial charge is 0.481 e. The molecule has 0 aromatic carbocycles. The zero-order valence-corrected chi connectivity index (χ0v) is 8.24. The van der Waals surface area contributed by atoms with Gasteiger partial charge in [0.05, 0.1) is 0 Å². The fourth-order valence-corrected chi connectivity index (χ4v) is 0.402. The molecule has 1 unspecified atom stereocenters. The van der Waals surface area contributed by atoms with Gasteiger partial charge in [0.15, 0.2) is 0 Å². The third-order valence-corrected chi connectivity index (χ3v) is 0.986. The van der Waals surface area contributed by atoms with Gasteiger partial charge in [-0.2, -0.15) is 0 Å². The Morgan fingerprint density at radius 3 is 2.09 bits per heavy atom. The maximum absolute atomic E-state index is 9.99. The number of carboxylic acid groups (broad SMARTS) is 2. The second-order valence-electron chi connectivity index (χ2n) is 1.88. The second kappa shape index (κ2) is 6.49. The van der Waals surface area contributed by atoms with Gasteiger partial charge in [0.1, 0.15) is 6.04 Å². The number of hydrogen-bond acceptors (Lipinski definition) is 3. The van der Waals surface area contributed by atoms with Crippen molar-refractivity contribution < 1.29 is 46.0 Å². The Hall–Kier alpha value is -0.217. The van der Waals surface area contributed by atoms with Crippen molar-refractivity contribution in [3.8, 4) is 0 Å². The molecule has 11 heavy (non-hydrogen) atoms. The fraction of sp³-hybridized carbons (Fsp3) is 0.600. The molecule has 4 N–H and O–H groups in total. The molecule has 0 spiro atoms. The Bertz CT molecular complexity index is 149. The van der Waals surface area contributed by atoms with E-state index in [0.717, 1.165) is 0 Å². The van der Waals surface area contributed by atoms with Crippen molar-refractivity contribution in [1.29, 1.82) is 0 Å². The predicted molar refractivity (Wildman–Crippen MR) is 32.5 cm³/mol. The summed E-state index contributed by atoms with van der Waals surface area (Å²) < 4.78 is 0. The standard InChI is InChI=1S/C5H9NO4.Zr/c6-3(5(9)10)1-2-4(7)8;/h3H,1-2,6H2,(H,7,8)(H,9,10);/q;+2. The van der Waals surface area contributed by atoms with Crippen LogP contribution in [0.5, 0.6) is 0 Å². The molecule has 0 aliphatic heterocycles. The molecule has 0 aromatic rings. The van der Waals surface area contributed by atoms with E-state index in [4.69, 9.17) is 15.9 Å². The van der Waals surface area contributed by atoms with Gasteiger partial charge in [0, 0.05) is 6.42 Å². The molecule has 0 rings (SSSR count). The Morgan fingerprint density at radius 2 is 1.82 bits per heavy atom. The molecule has 0 heterocycles. The molecule has 0 aliphatic rings. The number of aliphatic carboxylic acids is 2. The Morgan fingerprint density at radius 1 is 1.36 bits per heavy atom. The normalized spacial score (nSPS) is 11.4. The molecular formula is C5H9NO4Zr+2. The Kier molecular flexibility index (Phi) is 7.89. The van der Waals surface area contributed by atoms with Gasteiger partial charge in [0.2, 0.25) is 0 Å². The number of rotatable bonds is 4. The first-order valence-electron chi connectivity index (χ1n) is 2.74. The van der Waals surface area contributed by atoms with Crippen LogP contribution in [0.15, 0.2) is 0 Å². The van der Waals surface area contributed by atoms with Crippen LogP contribution >= 0.6 is 0 Å². The molecule has 0 saturated carbocycles. The number of carboxylic acids is 2. The molecule has 0 amide bonds. The van der Waals surface area contributed by atoms with Crippen molar-refractivity contribution in [3.63, 3.8) is 0 Å². The average Bonchev–Trinajstić information content (AvgIpc) is 1.82. The maximum Gasteiger partial charge on any atom is 2.00 e. The van der Waals surface area contributed by atoms with Crippen molar-refractivity contribution in [1.82, 2.24) is 0 Å². The molecule has 6 heteroatoms. The van der Waals surface area contributed by atoms with E-state index in [-0.39, 0.29) is 39.0 Å². The quantitative estimate of drug-likeness (QED) is 0.599. The van der Waals surface area contributed by atoms with Crippen LogP contribution in [0.1, 0.15) is 12.8 Å². The van der Waals surface area contributed by atoms with E-state index in [1.807, 2.05) is 0 Å². The van der Waals surface area contributed by atoms with E-state index in [0.29, 0.717) is 0 Å². The van der Waals surface area contributed by atoms with Gasteiger partial charge in [-0.25, -0.2) is 0 Å². The summed E-state index contributed by atoms with van der Waals surface area (Å²) in [5.41, 5.74) is 5.00. The zero-order valence-electron chi connectivity index (χ0n) is 5.78. The molecule has 5 nitrogen and oxygen atoms in total. The first-order valence-corrected chi connectivity index (χ1v) is 2.74. The van der Waals surface area contributed by atoms with Crippen LogP contribution in [0.4, 0.5) is 0 Å². The maximum atomic E-state index is 9.99.